The van der Waals surface area contributed by atoms with Crippen LogP contribution in [0, 0.1) is 0 Å². The van der Waals surface area contributed by atoms with Gasteiger partial charge in [-0.05, 0) is 6.42 Å². The second-order valence-corrected chi connectivity index (χ2v) is 1.98. The van der Waals surface area contributed by atoms with Gasteiger partial charge in [-0.3, -0.25) is 0 Å². The van der Waals surface area contributed by atoms with E-state index >= 15 is 0 Å². The summed E-state index contributed by atoms with van der Waals surface area (Å²) >= 11 is 3.65. The minimum atomic E-state index is -1.07. The molecule has 52 valence electrons. The minimum absolute atomic E-state index is 0.0579. The Morgan fingerprint density at radius 2 is 2.22 bits per heavy atom. The number of carboxylic acid groups (broad SMARTS) is 1. The Hall–Kier alpha value is -0.640. The van der Waals surface area contributed by atoms with Crippen molar-refractivity contribution in [2.45, 2.75) is 13.3 Å². The first-order chi connectivity index (χ1) is 4.09. The molecule has 0 saturated carbocycles. The fourth-order valence-corrected chi connectivity index (χ4v) is 0.463. The average molecular weight is 147 g/mol. The lowest BCUT2D eigenvalue weighted by molar-refractivity contribution is -0.131. The normalized spacial score (nSPS) is 12.7. The van der Waals surface area contributed by atoms with Crippen molar-refractivity contribution in [1.82, 2.24) is 0 Å². The van der Waals surface area contributed by atoms with Gasteiger partial charge in [-0.15, -0.1) is 12.6 Å². The van der Waals surface area contributed by atoms with Crippen LogP contribution in [0.3, 0.4) is 0 Å². The molecule has 3 N–H and O–H groups in total. The molecule has 0 aromatic heterocycles. The molecule has 4 heteroatoms. The molecule has 0 aliphatic rings. The third-order valence-corrected chi connectivity index (χ3v) is 1.37. The lowest BCUT2D eigenvalue weighted by Crippen LogP contribution is -2.05. The van der Waals surface area contributed by atoms with Crippen molar-refractivity contribution in [2.75, 3.05) is 0 Å². The van der Waals surface area contributed by atoms with Crippen molar-refractivity contribution >= 4 is 18.6 Å². The van der Waals surface area contributed by atoms with Crippen LogP contribution in [0.25, 0.3) is 0 Å². The molecule has 0 atom stereocenters. The highest BCUT2D eigenvalue weighted by Crippen LogP contribution is 2.06. The van der Waals surface area contributed by atoms with Crippen LogP contribution in [0.2, 0.25) is 0 Å². The first-order valence-corrected chi connectivity index (χ1v) is 2.95. The van der Waals surface area contributed by atoms with E-state index in [1.54, 1.807) is 6.92 Å². The summed E-state index contributed by atoms with van der Waals surface area (Å²) in [5.41, 5.74) is 5.55. The van der Waals surface area contributed by atoms with Crippen LogP contribution in [0.5, 0.6) is 0 Å². The molecule has 3 nitrogen and oxygen atoms in total. The molecule has 0 amide bonds. The molecule has 0 unspecified atom stereocenters. The standard InChI is InChI=1S/C5H9NO2S/c1-2-3(6)4(9)5(7)8/h9H,2,6H2,1H3,(H,7,8)/b4-3-. The zero-order chi connectivity index (χ0) is 7.44. The fraction of sp³-hybridized carbons (Fsp3) is 0.400. The number of rotatable bonds is 2. The number of hydrogen-bond acceptors (Lipinski definition) is 3. The lowest BCUT2D eigenvalue weighted by Gasteiger charge is -1.96. The highest BCUT2D eigenvalue weighted by atomic mass is 32.1. The van der Waals surface area contributed by atoms with Gasteiger partial charge < -0.3 is 10.8 Å². The van der Waals surface area contributed by atoms with Gasteiger partial charge in [0.25, 0.3) is 0 Å². The maximum absolute atomic E-state index is 10.1. The van der Waals surface area contributed by atoms with Gasteiger partial charge in [0.1, 0.15) is 4.91 Å². The van der Waals surface area contributed by atoms with E-state index in [0.29, 0.717) is 12.1 Å². The minimum Gasteiger partial charge on any atom is -0.477 e. The van der Waals surface area contributed by atoms with E-state index in [1.165, 1.54) is 0 Å². The van der Waals surface area contributed by atoms with Crippen LogP contribution in [0.4, 0.5) is 0 Å². The number of aliphatic carboxylic acids is 1. The molecule has 0 aromatic rings. The Balaban J connectivity index is 4.28. The third kappa shape index (κ3) is 2.41. The van der Waals surface area contributed by atoms with Crippen LogP contribution in [0.1, 0.15) is 13.3 Å². The van der Waals surface area contributed by atoms with Crippen molar-refractivity contribution in [3.8, 4) is 0 Å². The molecule has 0 radical (unpaired) electrons. The van der Waals surface area contributed by atoms with Gasteiger partial charge >= 0.3 is 5.97 Å². The van der Waals surface area contributed by atoms with Crippen LogP contribution < -0.4 is 5.73 Å². The molecule has 0 fully saturated rings. The molecule has 0 aliphatic carbocycles. The van der Waals surface area contributed by atoms with Crippen LogP contribution in [-0.4, -0.2) is 11.1 Å². The molecule has 0 bridgehead atoms. The van der Waals surface area contributed by atoms with Crippen LogP contribution in [0.15, 0.2) is 10.6 Å². The Bertz CT molecular complexity index is 153. The number of allylic oxidation sites excluding steroid dienone is 1. The molecular formula is C5H9NO2S. The van der Waals surface area contributed by atoms with E-state index in [9.17, 15) is 4.79 Å². The summed E-state index contributed by atoms with van der Waals surface area (Å²) in [6.07, 6.45) is 0.519. The number of carboxylic acids is 1. The van der Waals surface area contributed by atoms with Gasteiger partial charge in [0.15, 0.2) is 0 Å². The smallest absolute Gasteiger partial charge is 0.343 e. The highest BCUT2D eigenvalue weighted by Gasteiger charge is 2.03. The van der Waals surface area contributed by atoms with E-state index in [1.807, 2.05) is 0 Å². The van der Waals surface area contributed by atoms with E-state index in [-0.39, 0.29) is 4.91 Å². The zero-order valence-electron chi connectivity index (χ0n) is 5.09. The number of hydrogen-bond donors (Lipinski definition) is 3. The highest BCUT2D eigenvalue weighted by molar-refractivity contribution is 7.85. The Morgan fingerprint density at radius 3 is 2.33 bits per heavy atom. The second-order valence-electron chi connectivity index (χ2n) is 1.53. The molecule has 0 aromatic carbocycles. The maximum atomic E-state index is 10.1. The van der Waals surface area contributed by atoms with Crippen molar-refractivity contribution in [1.29, 1.82) is 0 Å². The Morgan fingerprint density at radius 1 is 1.78 bits per heavy atom. The van der Waals surface area contributed by atoms with Crippen molar-refractivity contribution in [3.63, 3.8) is 0 Å². The van der Waals surface area contributed by atoms with Gasteiger partial charge in [-0.25, -0.2) is 4.79 Å². The second kappa shape index (κ2) is 3.40. The van der Waals surface area contributed by atoms with Crippen LogP contribution in [-0.2, 0) is 4.79 Å². The molecule has 0 rings (SSSR count). The fourth-order valence-electron chi connectivity index (χ4n) is 0.305. The summed E-state index contributed by atoms with van der Waals surface area (Å²) < 4.78 is 0. The quantitative estimate of drug-likeness (QED) is 0.395. The molecule has 9 heavy (non-hydrogen) atoms. The SMILES string of the molecule is CC/C(N)=C(/S)C(=O)O. The Kier molecular flexibility index (Phi) is 3.16. The topological polar surface area (TPSA) is 63.3 Å². The molecule has 0 aliphatic heterocycles. The van der Waals surface area contributed by atoms with E-state index in [0.717, 1.165) is 0 Å². The largest absolute Gasteiger partial charge is 0.477 e. The summed E-state index contributed by atoms with van der Waals surface area (Å²) in [6, 6.07) is 0. The summed E-state index contributed by atoms with van der Waals surface area (Å²) in [5.74, 6) is -1.07. The summed E-state index contributed by atoms with van der Waals surface area (Å²) in [6.45, 7) is 1.77. The van der Waals surface area contributed by atoms with Crippen molar-refractivity contribution < 1.29 is 9.90 Å². The van der Waals surface area contributed by atoms with Crippen molar-refractivity contribution in [2.24, 2.45) is 5.73 Å². The lowest BCUT2D eigenvalue weighted by atomic mass is 10.3. The summed E-state index contributed by atoms with van der Waals surface area (Å²) in [5, 5.41) is 8.27. The number of carbonyl (C=O) groups is 1. The number of nitrogens with two attached hydrogens (primary N) is 1. The first-order valence-electron chi connectivity index (χ1n) is 2.50. The predicted octanol–water partition coefficient (Wildman–Crippen LogP) is 0.581. The van der Waals surface area contributed by atoms with Gasteiger partial charge in [-0.1, -0.05) is 6.92 Å². The average Bonchev–Trinajstić information content (AvgIpc) is 1.84. The molecule has 0 saturated heterocycles. The van der Waals surface area contributed by atoms with Gasteiger partial charge in [0.2, 0.25) is 0 Å². The molecular weight excluding hydrogens is 138 g/mol. The van der Waals surface area contributed by atoms with E-state index in [4.69, 9.17) is 10.8 Å². The predicted molar refractivity (Wildman–Crippen MR) is 38.1 cm³/mol. The summed E-state index contributed by atoms with van der Waals surface area (Å²) in [4.78, 5) is 10.0. The Labute approximate surface area is 59.0 Å². The third-order valence-electron chi connectivity index (χ3n) is 0.888. The number of thiol groups is 1. The van der Waals surface area contributed by atoms with Crippen molar-refractivity contribution in [3.05, 3.63) is 10.6 Å². The van der Waals surface area contributed by atoms with Gasteiger partial charge in [0, 0.05) is 5.70 Å². The van der Waals surface area contributed by atoms with Gasteiger partial charge in [0.05, 0.1) is 0 Å². The molecule has 0 spiro atoms. The first kappa shape index (κ1) is 8.36. The summed E-state index contributed by atoms with van der Waals surface area (Å²) in [7, 11) is 0. The monoisotopic (exact) mass is 147 g/mol. The maximum Gasteiger partial charge on any atom is 0.343 e. The van der Waals surface area contributed by atoms with Crippen LogP contribution >= 0.6 is 12.6 Å². The van der Waals surface area contributed by atoms with E-state index < -0.39 is 5.97 Å². The zero-order valence-corrected chi connectivity index (χ0v) is 5.98. The molecule has 0 heterocycles. The van der Waals surface area contributed by atoms with Gasteiger partial charge in [-0.2, -0.15) is 0 Å². The van der Waals surface area contributed by atoms with E-state index in [2.05, 4.69) is 12.6 Å².